The molecule has 150 valence electrons. The van der Waals surface area contributed by atoms with Crippen LogP contribution in [-0.2, 0) is 0 Å². The van der Waals surface area contributed by atoms with Crippen LogP contribution >= 0.6 is 0 Å². The quantitative estimate of drug-likeness (QED) is 0.337. The second-order valence-corrected chi connectivity index (χ2v) is 6.06. The number of nitro benzene ring substituents is 1. The molecule has 0 bridgehead atoms. The number of nitriles is 1. The first-order chi connectivity index (χ1) is 14.5. The number of azo groups is 1. The molecule has 0 spiro atoms. The number of anilines is 2. The molecule has 1 aromatic carbocycles. The first kappa shape index (κ1) is 20.3. The Morgan fingerprint density at radius 2 is 2.00 bits per heavy atom. The summed E-state index contributed by atoms with van der Waals surface area (Å²) in [6.45, 7) is 2.62. The highest BCUT2D eigenvalue weighted by Crippen LogP contribution is 2.34. The average molecular weight is 403 g/mol. The van der Waals surface area contributed by atoms with E-state index in [1.54, 1.807) is 24.5 Å². The summed E-state index contributed by atoms with van der Waals surface area (Å²) in [5, 5.41) is 31.5. The number of nitrogen functional groups attached to an aromatic ring is 1. The van der Waals surface area contributed by atoms with Gasteiger partial charge in [-0.05, 0) is 24.6 Å². The molecule has 0 aliphatic carbocycles. The second-order valence-electron chi connectivity index (χ2n) is 6.06. The molecule has 3 rings (SSSR count). The molecule has 0 saturated carbocycles. The van der Waals surface area contributed by atoms with Crippen molar-refractivity contribution in [3.05, 3.63) is 58.4 Å². The van der Waals surface area contributed by atoms with Crippen molar-refractivity contribution in [2.45, 2.75) is 13.3 Å². The van der Waals surface area contributed by atoms with Crippen molar-refractivity contribution in [1.29, 1.82) is 5.26 Å². The van der Waals surface area contributed by atoms with E-state index in [9.17, 15) is 15.4 Å². The summed E-state index contributed by atoms with van der Waals surface area (Å²) in [6, 6.07) is 9.13. The van der Waals surface area contributed by atoms with Crippen molar-refractivity contribution in [3.8, 4) is 17.5 Å². The van der Waals surface area contributed by atoms with Crippen LogP contribution in [0, 0.1) is 21.4 Å². The summed E-state index contributed by atoms with van der Waals surface area (Å²) in [5.41, 5.74) is 7.04. The monoisotopic (exact) mass is 403 g/mol. The highest BCUT2D eigenvalue weighted by molar-refractivity contribution is 5.75. The Bertz CT molecular complexity index is 1140. The van der Waals surface area contributed by atoms with Crippen LogP contribution in [0.15, 0.2) is 53.0 Å². The molecule has 0 unspecified atom stereocenters. The van der Waals surface area contributed by atoms with Crippen LogP contribution in [0.3, 0.4) is 0 Å². The molecule has 2 heterocycles. The predicted octanol–water partition coefficient (Wildman–Crippen LogP) is 4.14. The third-order valence-electron chi connectivity index (χ3n) is 3.96. The first-order valence-electron chi connectivity index (χ1n) is 8.95. The van der Waals surface area contributed by atoms with Gasteiger partial charge in [-0.2, -0.15) is 5.26 Å². The zero-order valence-corrected chi connectivity index (χ0v) is 16.0. The third-order valence-corrected chi connectivity index (χ3v) is 3.96. The molecule has 0 fully saturated rings. The molecule has 0 saturated heterocycles. The predicted molar refractivity (Wildman–Crippen MR) is 110 cm³/mol. The lowest BCUT2D eigenvalue weighted by Crippen LogP contribution is -2.06. The minimum absolute atomic E-state index is 0.0175. The molecule has 30 heavy (non-hydrogen) atoms. The fraction of sp³-hybridized carbons (Fsp3) is 0.158. The minimum Gasteiger partial charge on any atom is -0.382 e. The molecular formula is C19H17N9O2. The van der Waals surface area contributed by atoms with Gasteiger partial charge in [-0.15, -0.1) is 10.2 Å². The van der Waals surface area contributed by atoms with Crippen molar-refractivity contribution in [3.63, 3.8) is 0 Å². The van der Waals surface area contributed by atoms with E-state index in [2.05, 4.69) is 30.5 Å². The largest absolute Gasteiger partial charge is 0.382 e. The van der Waals surface area contributed by atoms with Gasteiger partial charge in [0.1, 0.15) is 11.8 Å². The minimum atomic E-state index is -0.585. The Morgan fingerprint density at radius 3 is 2.67 bits per heavy atom. The lowest BCUT2D eigenvalue weighted by Gasteiger charge is -2.11. The average Bonchev–Trinajstić information content (AvgIpc) is 2.77. The maximum atomic E-state index is 10.9. The van der Waals surface area contributed by atoms with Crippen LogP contribution in [0.4, 0.5) is 28.7 Å². The van der Waals surface area contributed by atoms with E-state index in [0.717, 1.165) is 18.1 Å². The Labute approximate surface area is 171 Å². The zero-order valence-electron chi connectivity index (χ0n) is 16.0. The van der Waals surface area contributed by atoms with Gasteiger partial charge in [0.2, 0.25) is 0 Å². The van der Waals surface area contributed by atoms with Crippen LogP contribution in [0.2, 0.25) is 0 Å². The van der Waals surface area contributed by atoms with Crippen LogP contribution in [0.1, 0.15) is 18.9 Å². The molecule has 11 nitrogen and oxygen atoms in total. The van der Waals surface area contributed by atoms with Crippen LogP contribution < -0.4 is 11.1 Å². The topological polar surface area (TPSA) is 168 Å². The second kappa shape index (κ2) is 9.16. The molecular weight excluding hydrogens is 386 g/mol. The zero-order chi connectivity index (χ0) is 21.5. The van der Waals surface area contributed by atoms with Crippen LogP contribution in [-0.4, -0.2) is 26.4 Å². The Hall–Kier alpha value is -4.46. The highest BCUT2D eigenvalue weighted by atomic mass is 16.6. The Balaban J connectivity index is 2.03. The third kappa shape index (κ3) is 4.50. The lowest BCUT2D eigenvalue weighted by molar-refractivity contribution is -0.384. The molecule has 0 amide bonds. The van der Waals surface area contributed by atoms with Crippen molar-refractivity contribution in [2.75, 3.05) is 17.6 Å². The lowest BCUT2D eigenvalue weighted by atomic mass is 10.2. The highest BCUT2D eigenvalue weighted by Gasteiger charge is 2.15. The number of rotatable bonds is 7. The summed E-state index contributed by atoms with van der Waals surface area (Å²) in [5.74, 6) is 0.889. The van der Waals surface area contributed by atoms with Gasteiger partial charge in [-0.25, -0.2) is 9.97 Å². The van der Waals surface area contributed by atoms with Crippen molar-refractivity contribution in [2.24, 2.45) is 10.2 Å². The molecule has 2 aromatic heterocycles. The van der Waals surface area contributed by atoms with E-state index in [0.29, 0.717) is 18.2 Å². The van der Waals surface area contributed by atoms with Gasteiger partial charge >= 0.3 is 0 Å². The van der Waals surface area contributed by atoms with Gasteiger partial charge in [0.25, 0.3) is 5.69 Å². The molecule has 0 radical (unpaired) electrons. The van der Waals surface area contributed by atoms with E-state index in [1.807, 2.05) is 13.0 Å². The summed E-state index contributed by atoms with van der Waals surface area (Å²) in [6.07, 6.45) is 4.09. The molecule has 3 aromatic rings. The summed E-state index contributed by atoms with van der Waals surface area (Å²) < 4.78 is 0. The fourth-order valence-electron chi connectivity index (χ4n) is 2.49. The number of non-ortho nitro benzene ring substituents is 1. The number of hydrogen-bond acceptors (Lipinski definition) is 10. The van der Waals surface area contributed by atoms with Gasteiger partial charge in [0.05, 0.1) is 10.5 Å². The van der Waals surface area contributed by atoms with Gasteiger partial charge in [-0.1, -0.05) is 6.92 Å². The van der Waals surface area contributed by atoms with Crippen LogP contribution in [0.5, 0.6) is 0 Å². The summed E-state index contributed by atoms with van der Waals surface area (Å²) in [4.78, 5) is 23.1. The number of nitrogens with zero attached hydrogens (tertiary/aromatic N) is 7. The molecule has 0 aliphatic rings. The van der Waals surface area contributed by atoms with Gasteiger partial charge < -0.3 is 11.1 Å². The van der Waals surface area contributed by atoms with Gasteiger partial charge in [0.15, 0.2) is 23.1 Å². The maximum absolute atomic E-state index is 10.9. The number of aromatic nitrogens is 3. The van der Waals surface area contributed by atoms with E-state index >= 15 is 0 Å². The van der Waals surface area contributed by atoms with Crippen molar-refractivity contribution >= 4 is 28.7 Å². The van der Waals surface area contributed by atoms with E-state index in [1.165, 1.54) is 12.1 Å². The molecule has 3 N–H and O–H groups in total. The van der Waals surface area contributed by atoms with Crippen molar-refractivity contribution < 1.29 is 4.92 Å². The molecule has 0 aliphatic heterocycles. The Morgan fingerprint density at radius 1 is 1.23 bits per heavy atom. The van der Waals surface area contributed by atoms with E-state index in [-0.39, 0.29) is 28.4 Å². The van der Waals surface area contributed by atoms with Crippen molar-refractivity contribution in [1.82, 2.24) is 15.0 Å². The standard InChI is InChI=1S/C19H17N9O2/c1-2-7-23-19-16(17(21)24-18(25-19)12-5-8-22-9-6-12)27-26-15-4-3-14(28(29)30)10-13(15)11-20/h3-6,8-10H,2,7H2,1H3,(H3,21,23,24,25). The normalized spacial score (nSPS) is 10.7. The number of nitrogens with two attached hydrogens (primary N) is 1. The smallest absolute Gasteiger partial charge is 0.270 e. The SMILES string of the molecule is CCCNc1nc(-c2ccncc2)nc(N)c1N=Nc1ccc([N+](=O)[O-])cc1C#N. The maximum Gasteiger partial charge on any atom is 0.270 e. The van der Waals surface area contributed by atoms with Gasteiger partial charge in [0, 0.05) is 36.6 Å². The van der Waals surface area contributed by atoms with Crippen LogP contribution in [0.25, 0.3) is 11.4 Å². The number of benzene rings is 1. The van der Waals surface area contributed by atoms with E-state index < -0.39 is 4.92 Å². The fourth-order valence-corrected chi connectivity index (χ4v) is 2.49. The van der Waals surface area contributed by atoms with E-state index in [4.69, 9.17) is 5.73 Å². The number of nitro groups is 1. The number of pyridine rings is 1. The summed E-state index contributed by atoms with van der Waals surface area (Å²) in [7, 11) is 0. The number of hydrogen-bond donors (Lipinski definition) is 2. The Kier molecular flexibility index (Phi) is 6.19. The molecule has 0 atom stereocenters. The number of nitrogens with one attached hydrogen (secondary N) is 1. The summed E-state index contributed by atoms with van der Waals surface area (Å²) >= 11 is 0. The first-order valence-corrected chi connectivity index (χ1v) is 8.95. The molecule has 11 heteroatoms. The van der Waals surface area contributed by atoms with Gasteiger partial charge in [-0.3, -0.25) is 15.1 Å².